The zero-order valence-electron chi connectivity index (χ0n) is 9.62. The van der Waals surface area contributed by atoms with Gasteiger partial charge in [-0.05, 0) is 36.8 Å². The number of benzene rings is 1. The Morgan fingerprint density at radius 1 is 1.22 bits per heavy atom. The van der Waals surface area contributed by atoms with Crippen molar-refractivity contribution in [1.29, 1.82) is 0 Å². The average Bonchev–Trinajstić information content (AvgIpc) is 2.28. The van der Waals surface area contributed by atoms with E-state index in [9.17, 15) is 0 Å². The van der Waals surface area contributed by atoms with Crippen LogP contribution in [-0.4, -0.2) is 4.98 Å². The third-order valence-electron chi connectivity index (χ3n) is 2.54. The number of aromatic nitrogens is 1. The van der Waals surface area contributed by atoms with Crippen LogP contribution >= 0.6 is 43.5 Å². The number of hydrogen-bond donors (Lipinski definition) is 1. The highest BCUT2D eigenvalue weighted by Gasteiger charge is 2.09. The molecule has 18 heavy (non-hydrogen) atoms. The number of nitrogens with one attached hydrogen (secondary N) is 1. The van der Waals surface area contributed by atoms with E-state index in [0.29, 0.717) is 5.15 Å². The smallest absolute Gasteiger partial charge is 0.131 e. The van der Waals surface area contributed by atoms with E-state index in [0.717, 1.165) is 14.6 Å². The predicted octanol–water partition coefficient (Wildman–Crippen LogP) is 5.43. The minimum absolute atomic E-state index is 0.172. The standard InChI is InChI=1S/C13H11Br2ClN2/c1-8(11-3-2-9(14)6-12(11)15)18-10-4-5-17-13(16)7-10/h2-8H,1H3,(H,17,18). The van der Waals surface area contributed by atoms with Crippen molar-refractivity contribution in [1.82, 2.24) is 4.98 Å². The van der Waals surface area contributed by atoms with Crippen LogP contribution in [0.3, 0.4) is 0 Å². The van der Waals surface area contributed by atoms with Gasteiger partial charge in [-0.2, -0.15) is 0 Å². The van der Waals surface area contributed by atoms with Crippen LogP contribution < -0.4 is 5.32 Å². The van der Waals surface area contributed by atoms with E-state index in [2.05, 4.69) is 55.2 Å². The molecule has 0 aliphatic heterocycles. The molecule has 0 saturated heterocycles. The molecule has 94 valence electrons. The summed E-state index contributed by atoms with van der Waals surface area (Å²) in [6.07, 6.45) is 1.69. The monoisotopic (exact) mass is 388 g/mol. The fraction of sp³-hybridized carbons (Fsp3) is 0.154. The van der Waals surface area contributed by atoms with Crippen molar-refractivity contribution in [3.05, 3.63) is 56.2 Å². The summed E-state index contributed by atoms with van der Waals surface area (Å²) in [6, 6.07) is 10.0. The zero-order chi connectivity index (χ0) is 13.1. The number of rotatable bonds is 3. The highest BCUT2D eigenvalue weighted by Crippen LogP contribution is 2.29. The van der Waals surface area contributed by atoms with Crippen LogP contribution in [0, 0.1) is 0 Å². The molecule has 2 nitrogen and oxygen atoms in total. The Morgan fingerprint density at radius 3 is 2.67 bits per heavy atom. The molecule has 1 unspecified atom stereocenters. The molecule has 0 amide bonds. The summed E-state index contributed by atoms with van der Waals surface area (Å²) in [7, 11) is 0. The third-order valence-corrected chi connectivity index (χ3v) is 3.93. The molecule has 1 aromatic heterocycles. The molecule has 0 bridgehead atoms. The van der Waals surface area contributed by atoms with E-state index in [-0.39, 0.29) is 6.04 Å². The van der Waals surface area contributed by atoms with Crippen LogP contribution in [0.25, 0.3) is 0 Å². The maximum absolute atomic E-state index is 5.86. The molecule has 0 fully saturated rings. The Kier molecular flexibility index (Phi) is 4.65. The van der Waals surface area contributed by atoms with Crippen LogP contribution in [0.15, 0.2) is 45.5 Å². The van der Waals surface area contributed by atoms with E-state index in [4.69, 9.17) is 11.6 Å². The van der Waals surface area contributed by atoms with Gasteiger partial charge >= 0.3 is 0 Å². The molecule has 1 atom stereocenters. The van der Waals surface area contributed by atoms with Gasteiger partial charge in [-0.25, -0.2) is 4.98 Å². The molecule has 0 spiro atoms. The first kappa shape index (κ1) is 13.8. The maximum Gasteiger partial charge on any atom is 0.131 e. The van der Waals surface area contributed by atoms with Gasteiger partial charge in [0.2, 0.25) is 0 Å². The first-order valence-corrected chi connectivity index (χ1v) is 7.35. The number of pyridine rings is 1. The normalized spacial score (nSPS) is 12.2. The van der Waals surface area contributed by atoms with E-state index in [1.54, 1.807) is 6.20 Å². The Balaban J connectivity index is 2.19. The largest absolute Gasteiger partial charge is 0.378 e. The lowest BCUT2D eigenvalue weighted by atomic mass is 10.1. The Morgan fingerprint density at radius 2 is 2.00 bits per heavy atom. The van der Waals surface area contributed by atoms with E-state index in [1.165, 1.54) is 5.56 Å². The second-order valence-corrected chi connectivity index (χ2v) is 6.06. The van der Waals surface area contributed by atoms with Crippen molar-refractivity contribution in [2.45, 2.75) is 13.0 Å². The van der Waals surface area contributed by atoms with Crippen molar-refractivity contribution in [3.8, 4) is 0 Å². The Hall–Kier alpha value is -0.580. The van der Waals surface area contributed by atoms with Gasteiger partial charge in [-0.1, -0.05) is 49.5 Å². The summed E-state index contributed by atoms with van der Waals surface area (Å²) in [5, 5.41) is 3.88. The van der Waals surface area contributed by atoms with Gasteiger partial charge in [0.1, 0.15) is 5.15 Å². The number of anilines is 1. The molecule has 5 heteroatoms. The topological polar surface area (TPSA) is 24.9 Å². The predicted molar refractivity (Wildman–Crippen MR) is 83.1 cm³/mol. The van der Waals surface area contributed by atoms with Crippen molar-refractivity contribution < 1.29 is 0 Å². The molecule has 0 aliphatic rings. The van der Waals surface area contributed by atoms with Gasteiger partial charge in [0.05, 0.1) is 0 Å². The molecule has 0 saturated carbocycles. The molecule has 1 N–H and O–H groups in total. The van der Waals surface area contributed by atoms with Crippen LogP contribution in [-0.2, 0) is 0 Å². The SMILES string of the molecule is CC(Nc1ccnc(Cl)c1)c1ccc(Br)cc1Br. The highest BCUT2D eigenvalue weighted by molar-refractivity contribution is 9.11. The number of halogens is 3. The minimum Gasteiger partial charge on any atom is -0.378 e. The van der Waals surface area contributed by atoms with Gasteiger partial charge < -0.3 is 5.32 Å². The van der Waals surface area contributed by atoms with Crippen molar-refractivity contribution >= 4 is 49.1 Å². The van der Waals surface area contributed by atoms with Gasteiger partial charge in [0.15, 0.2) is 0 Å². The van der Waals surface area contributed by atoms with Gasteiger partial charge in [-0.15, -0.1) is 0 Å². The summed E-state index contributed by atoms with van der Waals surface area (Å²) >= 11 is 12.9. The molecule has 1 heterocycles. The second kappa shape index (κ2) is 6.04. The highest BCUT2D eigenvalue weighted by atomic mass is 79.9. The van der Waals surface area contributed by atoms with Gasteiger partial charge in [-0.3, -0.25) is 0 Å². The third kappa shape index (κ3) is 3.46. The lowest BCUT2D eigenvalue weighted by Crippen LogP contribution is -2.07. The number of hydrogen-bond acceptors (Lipinski definition) is 2. The molecule has 2 rings (SSSR count). The maximum atomic E-state index is 5.86. The van der Waals surface area contributed by atoms with Gasteiger partial charge in [0, 0.05) is 26.9 Å². The minimum atomic E-state index is 0.172. The summed E-state index contributed by atoms with van der Waals surface area (Å²) < 4.78 is 2.12. The molecule has 0 radical (unpaired) electrons. The van der Waals surface area contributed by atoms with E-state index in [1.807, 2.05) is 24.3 Å². The first-order chi connectivity index (χ1) is 8.56. The Labute approximate surface area is 128 Å². The van der Waals surface area contributed by atoms with Gasteiger partial charge in [0.25, 0.3) is 0 Å². The molecule has 2 aromatic rings. The van der Waals surface area contributed by atoms with Crippen molar-refractivity contribution in [2.75, 3.05) is 5.32 Å². The fourth-order valence-corrected chi connectivity index (χ4v) is 3.24. The quantitative estimate of drug-likeness (QED) is 0.707. The fourth-order valence-electron chi connectivity index (χ4n) is 1.67. The first-order valence-electron chi connectivity index (χ1n) is 5.39. The molecular weight excluding hydrogens is 379 g/mol. The molecular formula is C13H11Br2ClN2. The summed E-state index contributed by atoms with van der Waals surface area (Å²) in [6.45, 7) is 2.10. The van der Waals surface area contributed by atoms with Crippen LogP contribution in [0.1, 0.15) is 18.5 Å². The second-order valence-electron chi connectivity index (χ2n) is 3.90. The summed E-state index contributed by atoms with van der Waals surface area (Å²) in [5.41, 5.74) is 2.14. The average molecular weight is 391 g/mol. The summed E-state index contributed by atoms with van der Waals surface area (Å²) in [5.74, 6) is 0. The molecule has 1 aromatic carbocycles. The summed E-state index contributed by atoms with van der Waals surface area (Å²) in [4.78, 5) is 3.96. The van der Waals surface area contributed by atoms with Crippen molar-refractivity contribution in [3.63, 3.8) is 0 Å². The van der Waals surface area contributed by atoms with E-state index >= 15 is 0 Å². The zero-order valence-corrected chi connectivity index (χ0v) is 13.6. The van der Waals surface area contributed by atoms with Crippen LogP contribution in [0.5, 0.6) is 0 Å². The molecule has 0 aliphatic carbocycles. The Bertz CT molecular complexity index is 560. The van der Waals surface area contributed by atoms with Crippen LogP contribution in [0.2, 0.25) is 5.15 Å². The lowest BCUT2D eigenvalue weighted by Gasteiger charge is -2.17. The number of nitrogens with zero attached hydrogens (tertiary/aromatic N) is 1. The van der Waals surface area contributed by atoms with Crippen molar-refractivity contribution in [2.24, 2.45) is 0 Å². The van der Waals surface area contributed by atoms with Crippen LogP contribution in [0.4, 0.5) is 5.69 Å². The van der Waals surface area contributed by atoms with E-state index < -0.39 is 0 Å². The lowest BCUT2D eigenvalue weighted by molar-refractivity contribution is 0.877.